The van der Waals surface area contributed by atoms with Gasteiger partial charge in [-0.15, -0.1) is 0 Å². The van der Waals surface area contributed by atoms with E-state index in [1.807, 2.05) is 13.8 Å². The van der Waals surface area contributed by atoms with Crippen LogP contribution >= 0.6 is 0 Å². The molecule has 2 N–H and O–H groups in total. The summed E-state index contributed by atoms with van der Waals surface area (Å²) in [5.41, 5.74) is 4.88. The average Bonchev–Trinajstić information content (AvgIpc) is 2.71. The Morgan fingerprint density at radius 1 is 1.58 bits per heavy atom. The molecule has 2 nitrogen and oxygen atoms in total. The maximum absolute atomic E-state index is 11.6. The molecule has 1 rings (SSSR count). The van der Waals surface area contributed by atoms with Crippen LogP contribution in [0, 0.1) is 11.8 Å². The van der Waals surface area contributed by atoms with Crippen LogP contribution in [0.3, 0.4) is 0 Å². The molecule has 2 atom stereocenters. The highest BCUT2D eigenvalue weighted by Gasteiger charge is 2.42. The molecule has 72 valence electrons. The minimum atomic E-state index is -2.30. The van der Waals surface area contributed by atoms with E-state index in [1.54, 1.807) is 0 Å². The van der Waals surface area contributed by atoms with Crippen LogP contribution in [-0.4, -0.2) is 12.3 Å². The number of alkyl halides is 2. The summed E-state index contributed by atoms with van der Waals surface area (Å²) in [6, 6.07) is 0. The normalized spacial score (nSPS) is 26.1. The molecule has 0 aromatic rings. The fraction of sp³-hybridized carbons (Fsp3) is 0.875. The summed E-state index contributed by atoms with van der Waals surface area (Å²) in [5, 5.41) is 0. The second-order valence-corrected chi connectivity index (χ2v) is 2.63. The summed E-state index contributed by atoms with van der Waals surface area (Å²) in [6.45, 7) is 4.00. The molecule has 4 heteroatoms. The number of rotatable bonds is 3. The number of primary amides is 1. The summed E-state index contributed by atoms with van der Waals surface area (Å²) in [7, 11) is 0. The van der Waals surface area contributed by atoms with Crippen molar-refractivity contribution >= 4 is 5.91 Å². The van der Waals surface area contributed by atoms with Crippen molar-refractivity contribution in [2.24, 2.45) is 17.6 Å². The topological polar surface area (TPSA) is 43.1 Å². The first-order chi connectivity index (χ1) is 5.61. The molecule has 12 heavy (non-hydrogen) atoms. The molecule has 1 amide bonds. The van der Waals surface area contributed by atoms with E-state index in [9.17, 15) is 13.6 Å². The highest BCUT2D eigenvalue weighted by atomic mass is 19.3. The largest absolute Gasteiger partial charge is 0.369 e. The fourth-order valence-electron chi connectivity index (χ4n) is 1.09. The number of halogens is 2. The van der Waals surface area contributed by atoms with Gasteiger partial charge in [0.15, 0.2) is 0 Å². The Kier molecular flexibility index (Phi) is 4.78. The standard InChI is InChI=1S/C6H9F2NO.C2H6/c7-5(8)2-3-1-4(3)6(9)10;1-2/h3-5H,1-2H2,(H2,9,10);1-2H3/t3?,4-;/m0./s1. The van der Waals surface area contributed by atoms with Gasteiger partial charge in [-0.25, -0.2) is 8.78 Å². The Balaban J connectivity index is 0.000000561. The van der Waals surface area contributed by atoms with Crippen LogP contribution < -0.4 is 5.73 Å². The van der Waals surface area contributed by atoms with Gasteiger partial charge in [-0.05, 0) is 12.3 Å². The first-order valence-electron chi connectivity index (χ1n) is 4.18. The lowest BCUT2D eigenvalue weighted by Gasteiger charge is -1.94. The summed E-state index contributed by atoms with van der Waals surface area (Å²) >= 11 is 0. The van der Waals surface area contributed by atoms with E-state index in [0.717, 1.165) is 0 Å². The van der Waals surface area contributed by atoms with Crippen LogP contribution in [0.5, 0.6) is 0 Å². The molecule has 1 fully saturated rings. The number of hydrogen-bond donors (Lipinski definition) is 1. The van der Waals surface area contributed by atoms with E-state index in [1.165, 1.54) is 0 Å². The predicted octanol–water partition coefficient (Wildman–Crippen LogP) is 1.79. The van der Waals surface area contributed by atoms with Crippen molar-refractivity contribution in [2.45, 2.75) is 33.1 Å². The molecule has 0 heterocycles. The van der Waals surface area contributed by atoms with Gasteiger partial charge in [0.1, 0.15) is 0 Å². The lowest BCUT2D eigenvalue weighted by atomic mass is 10.2. The number of carbonyl (C=O) groups is 1. The lowest BCUT2D eigenvalue weighted by Crippen LogP contribution is -2.14. The van der Waals surface area contributed by atoms with Gasteiger partial charge in [0.2, 0.25) is 12.3 Å². The molecule has 0 aromatic carbocycles. The molecule has 0 spiro atoms. The summed E-state index contributed by atoms with van der Waals surface area (Å²) in [5.74, 6) is -0.850. The Morgan fingerprint density at radius 3 is 2.33 bits per heavy atom. The van der Waals surface area contributed by atoms with Crippen LogP contribution in [0.4, 0.5) is 8.78 Å². The molecular weight excluding hydrogens is 164 g/mol. The molecule has 1 aliphatic carbocycles. The number of carbonyl (C=O) groups excluding carboxylic acids is 1. The van der Waals surface area contributed by atoms with Gasteiger partial charge in [-0.1, -0.05) is 13.8 Å². The fourth-order valence-corrected chi connectivity index (χ4v) is 1.09. The quantitative estimate of drug-likeness (QED) is 0.705. The zero-order chi connectivity index (χ0) is 9.72. The zero-order valence-corrected chi connectivity index (χ0v) is 7.39. The SMILES string of the molecule is CC.NC(=O)[C@H]1CC1CC(F)F. The molecular formula is C8H15F2NO. The van der Waals surface area contributed by atoms with Crippen molar-refractivity contribution in [1.82, 2.24) is 0 Å². The highest BCUT2D eigenvalue weighted by molar-refractivity contribution is 5.79. The van der Waals surface area contributed by atoms with Crippen molar-refractivity contribution < 1.29 is 13.6 Å². The predicted molar refractivity (Wildman–Crippen MR) is 42.8 cm³/mol. The molecule has 1 unspecified atom stereocenters. The maximum Gasteiger partial charge on any atom is 0.238 e. The van der Waals surface area contributed by atoms with Gasteiger partial charge in [-0.2, -0.15) is 0 Å². The molecule has 0 radical (unpaired) electrons. The van der Waals surface area contributed by atoms with E-state index in [2.05, 4.69) is 0 Å². The van der Waals surface area contributed by atoms with E-state index in [4.69, 9.17) is 5.73 Å². The van der Waals surface area contributed by atoms with Crippen LogP contribution in [0.2, 0.25) is 0 Å². The van der Waals surface area contributed by atoms with Crippen molar-refractivity contribution in [3.63, 3.8) is 0 Å². The summed E-state index contributed by atoms with van der Waals surface area (Å²) < 4.78 is 23.2. The third-order valence-electron chi connectivity index (χ3n) is 1.77. The van der Waals surface area contributed by atoms with Crippen molar-refractivity contribution in [3.8, 4) is 0 Å². The highest BCUT2D eigenvalue weighted by Crippen LogP contribution is 2.42. The minimum absolute atomic E-state index is 0.141. The van der Waals surface area contributed by atoms with Crippen molar-refractivity contribution in [3.05, 3.63) is 0 Å². The van der Waals surface area contributed by atoms with E-state index < -0.39 is 12.3 Å². The first kappa shape index (κ1) is 11.3. The second-order valence-electron chi connectivity index (χ2n) is 2.63. The molecule has 0 aliphatic heterocycles. The Hall–Kier alpha value is -0.670. The number of nitrogens with two attached hydrogens (primary N) is 1. The van der Waals surface area contributed by atoms with Gasteiger partial charge in [0.05, 0.1) is 0 Å². The minimum Gasteiger partial charge on any atom is -0.369 e. The number of amides is 1. The van der Waals surface area contributed by atoms with Gasteiger partial charge >= 0.3 is 0 Å². The summed E-state index contributed by atoms with van der Waals surface area (Å²) in [4.78, 5) is 10.3. The number of hydrogen-bond acceptors (Lipinski definition) is 1. The molecule has 0 saturated heterocycles. The third-order valence-corrected chi connectivity index (χ3v) is 1.77. The van der Waals surface area contributed by atoms with Crippen LogP contribution in [-0.2, 0) is 4.79 Å². The van der Waals surface area contributed by atoms with E-state index in [0.29, 0.717) is 6.42 Å². The van der Waals surface area contributed by atoms with Crippen LogP contribution in [0.25, 0.3) is 0 Å². The molecule has 1 saturated carbocycles. The van der Waals surface area contributed by atoms with Gasteiger partial charge in [0.25, 0.3) is 0 Å². The monoisotopic (exact) mass is 179 g/mol. The Labute approximate surface area is 71.1 Å². The summed E-state index contributed by atoms with van der Waals surface area (Å²) in [6.07, 6.45) is -1.91. The zero-order valence-electron chi connectivity index (χ0n) is 7.39. The van der Waals surface area contributed by atoms with Gasteiger partial charge in [0, 0.05) is 12.3 Å². The Bertz CT molecular complexity index is 150. The van der Waals surface area contributed by atoms with Crippen molar-refractivity contribution in [1.29, 1.82) is 0 Å². The molecule has 1 aliphatic rings. The Morgan fingerprint density at radius 2 is 2.08 bits per heavy atom. The van der Waals surface area contributed by atoms with Crippen LogP contribution in [0.15, 0.2) is 0 Å². The lowest BCUT2D eigenvalue weighted by molar-refractivity contribution is -0.119. The second kappa shape index (κ2) is 5.06. The molecule has 0 aromatic heterocycles. The first-order valence-corrected chi connectivity index (χ1v) is 4.18. The molecule has 0 bridgehead atoms. The van der Waals surface area contributed by atoms with Gasteiger partial charge in [-0.3, -0.25) is 4.79 Å². The van der Waals surface area contributed by atoms with Crippen molar-refractivity contribution in [2.75, 3.05) is 0 Å². The van der Waals surface area contributed by atoms with E-state index in [-0.39, 0.29) is 18.3 Å². The van der Waals surface area contributed by atoms with E-state index >= 15 is 0 Å². The smallest absolute Gasteiger partial charge is 0.238 e. The maximum atomic E-state index is 11.6. The van der Waals surface area contributed by atoms with Gasteiger partial charge < -0.3 is 5.73 Å². The average molecular weight is 179 g/mol. The third kappa shape index (κ3) is 3.64. The van der Waals surface area contributed by atoms with Crippen LogP contribution in [0.1, 0.15) is 26.7 Å².